The summed E-state index contributed by atoms with van der Waals surface area (Å²) in [6.07, 6.45) is 0.571. The Morgan fingerprint density at radius 1 is 1.25 bits per heavy atom. The fraction of sp³-hybridized carbons (Fsp3) is 0.240. The third-order valence-electron chi connectivity index (χ3n) is 5.44. The Hall–Kier alpha value is -3.45. The van der Waals surface area contributed by atoms with Crippen LogP contribution in [-0.2, 0) is 4.74 Å². The van der Waals surface area contributed by atoms with Gasteiger partial charge in [0.05, 0.1) is 29.5 Å². The maximum absolute atomic E-state index is 12.4. The average Bonchev–Trinajstić information content (AvgIpc) is 3.32. The lowest BCUT2D eigenvalue weighted by atomic mass is 10.1. The van der Waals surface area contributed by atoms with Crippen LogP contribution in [-0.4, -0.2) is 34.5 Å². The van der Waals surface area contributed by atoms with Crippen molar-refractivity contribution >= 4 is 34.4 Å². The number of anilines is 1. The van der Waals surface area contributed by atoms with E-state index in [0.717, 1.165) is 22.6 Å². The number of esters is 1. The van der Waals surface area contributed by atoms with Crippen molar-refractivity contribution in [3.63, 3.8) is 0 Å². The first kappa shape index (κ1) is 21.8. The van der Waals surface area contributed by atoms with Gasteiger partial charge in [-0.2, -0.15) is 0 Å². The molecule has 6 nitrogen and oxygen atoms in total. The predicted octanol–water partition coefficient (Wildman–Crippen LogP) is 5.84. The second-order valence-corrected chi connectivity index (χ2v) is 8.92. The molecular weight excluding hydrogens is 422 g/mol. The maximum Gasteiger partial charge on any atom is 0.338 e. The lowest BCUT2D eigenvalue weighted by Gasteiger charge is -2.19. The smallest absolute Gasteiger partial charge is 0.338 e. The van der Waals surface area contributed by atoms with E-state index in [2.05, 4.69) is 0 Å². The molecule has 2 aromatic carbocycles. The van der Waals surface area contributed by atoms with Gasteiger partial charge in [-0.25, -0.2) is 9.78 Å². The molecule has 1 aliphatic rings. The number of aliphatic hydroxyl groups excluding tert-OH is 1. The number of hydrogen-bond donors (Lipinski definition) is 2. The Bertz CT molecular complexity index is 1200. The molecule has 1 aliphatic heterocycles. The molecule has 0 bridgehead atoms. The summed E-state index contributed by atoms with van der Waals surface area (Å²) in [6.45, 7) is 5.95. The van der Waals surface area contributed by atoms with E-state index in [9.17, 15) is 9.90 Å². The van der Waals surface area contributed by atoms with E-state index >= 15 is 0 Å². The van der Waals surface area contributed by atoms with E-state index in [1.54, 1.807) is 23.1 Å². The molecule has 0 aliphatic carbocycles. The average molecular weight is 448 g/mol. The van der Waals surface area contributed by atoms with Gasteiger partial charge < -0.3 is 14.7 Å². The van der Waals surface area contributed by atoms with E-state index in [-0.39, 0.29) is 24.2 Å². The van der Waals surface area contributed by atoms with Crippen LogP contribution in [0.2, 0.25) is 0 Å². The van der Waals surface area contributed by atoms with Crippen LogP contribution in [0.1, 0.15) is 40.5 Å². The molecule has 32 heavy (non-hydrogen) atoms. The Morgan fingerprint density at radius 3 is 2.72 bits per heavy atom. The molecule has 164 valence electrons. The van der Waals surface area contributed by atoms with E-state index in [4.69, 9.17) is 15.1 Å². The first-order valence-corrected chi connectivity index (χ1v) is 11.3. The molecule has 0 spiro atoms. The highest BCUT2D eigenvalue weighted by atomic mass is 32.1. The second-order valence-electron chi connectivity index (χ2n) is 7.72. The summed E-state index contributed by atoms with van der Waals surface area (Å²) < 4.78 is 5.42. The van der Waals surface area contributed by atoms with Gasteiger partial charge in [0.25, 0.3) is 0 Å². The molecule has 1 atom stereocenters. The van der Waals surface area contributed by atoms with Crippen LogP contribution in [0.25, 0.3) is 16.8 Å². The minimum atomic E-state index is -0.396. The van der Waals surface area contributed by atoms with Crippen LogP contribution in [0.15, 0.2) is 60.4 Å². The fourth-order valence-electron chi connectivity index (χ4n) is 3.53. The predicted molar refractivity (Wildman–Crippen MR) is 129 cm³/mol. The van der Waals surface area contributed by atoms with Gasteiger partial charge in [-0.3, -0.25) is 5.41 Å². The number of benzene rings is 2. The minimum Gasteiger partial charge on any atom is -0.510 e. The first-order valence-electron chi connectivity index (χ1n) is 10.5. The Morgan fingerprint density at radius 2 is 2.00 bits per heavy atom. The zero-order chi connectivity index (χ0) is 22.8. The van der Waals surface area contributed by atoms with E-state index in [1.807, 2.05) is 57.2 Å². The van der Waals surface area contributed by atoms with Crippen molar-refractivity contribution in [2.75, 3.05) is 11.4 Å². The Labute approximate surface area is 191 Å². The highest BCUT2D eigenvalue weighted by Gasteiger charge is 2.32. The summed E-state index contributed by atoms with van der Waals surface area (Å²) in [6, 6.07) is 16.8. The maximum atomic E-state index is 12.4. The van der Waals surface area contributed by atoms with Gasteiger partial charge >= 0.3 is 5.97 Å². The van der Waals surface area contributed by atoms with Crippen LogP contribution >= 0.6 is 11.3 Å². The summed E-state index contributed by atoms with van der Waals surface area (Å²) in [7, 11) is 0. The third kappa shape index (κ3) is 4.16. The molecule has 2 heterocycles. The van der Waals surface area contributed by atoms with Crippen molar-refractivity contribution in [1.29, 1.82) is 5.41 Å². The number of aryl methyl sites for hydroxylation is 1. The summed E-state index contributed by atoms with van der Waals surface area (Å²) in [5.74, 6) is -0.147. The Kier molecular flexibility index (Phi) is 6.10. The van der Waals surface area contributed by atoms with E-state index in [1.165, 1.54) is 11.3 Å². The molecule has 1 unspecified atom stereocenters. The zero-order valence-corrected chi connectivity index (χ0v) is 19.1. The van der Waals surface area contributed by atoms with E-state index < -0.39 is 5.97 Å². The molecule has 0 fully saturated rings. The van der Waals surface area contributed by atoms with Gasteiger partial charge in [0.15, 0.2) is 0 Å². The molecule has 0 radical (unpaired) electrons. The summed E-state index contributed by atoms with van der Waals surface area (Å²) in [4.78, 5) is 19.9. The Balaban J connectivity index is 1.60. The third-order valence-corrected chi connectivity index (χ3v) is 6.43. The number of carbonyl (C=O) groups is 1. The number of carbonyl (C=O) groups excluding carboxylic acids is 1. The van der Waals surface area contributed by atoms with Gasteiger partial charge in [-0.1, -0.05) is 43.3 Å². The number of aromatic nitrogens is 1. The number of ether oxygens (including phenoxy) is 1. The zero-order valence-electron chi connectivity index (χ0n) is 18.3. The van der Waals surface area contributed by atoms with Crippen molar-refractivity contribution in [1.82, 2.24) is 4.98 Å². The molecule has 7 heteroatoms. The minimum absolute atomic E-state index is 0.0935. The number of nitrogens with zero attached hydrogens (tertiary/aromatic N) is 2. The van der Waals surface area contributed by atoms with Crippen LogP contribution in [0, 0.1) is 12.3 Å². The summed E-state index contributed by atoms with van der Waals surface area (Å²) >= 11 is 1.46. The molecule has 2 N–H and O–H groups in total. The lowest BCUT2D eigenvalue weighted by molar-refractivity contribution is 0.0334. The van der Waals surface area contributed by atoms with Gasteiger partial charge in [0, 0.05) is 16.1 Å². The van der Waals surface area contributed by atoms with Crippen molar-refractivity contribution in [2.24, 2.45) is 0 Å². The fourth-order valence-corrected chi connectivity index (χ4v) is 4.53. The number of rotatable bonds is 6. The van der Waals surface area contributed by atoms with Crippen molar-refractivity contribution < 1.29 is 14.6 Å². The van der Waals surface area contributed by atoms with Gasteiger partial charge in [-0.05, 0) is 38.5 Å². The van der Waals surface area contributed by atoms with Crippen molar-refractivity contribution in [3.8, 4) is 11.3 Å². The number of aliphatic hydroxyl groups is 1. The summed E-state index contributed by atoms with van der Waals surface area (Å²) in [5, 5.41) is 20.1. The van der Waals surface area contributed by atoms with Crippen LogP contribution in [0.4, 0.5) is 5.69 Å². The quantitative estimate of drug-likeness (QED) is 0.464. The van der Waals surface area contributed by atoms with Crippen LogP contribution in [0.3, 0.4) is 0 Å². The number of nitrogens with one attached hydrogen (secondary N) is 1. The molecule has 0 saturated carbocycles. The standard InChI is InChI=1S/C25H25N3O3S/c1-4-15(2)31-25(30)18-11-8-12-19(13-18)28-14-20(29)21(23(28)26)24-27-22(16(3)32-24)17-9-6-5-7-10-17/h5-13,15,26,29H,4,14H2,1-3H3. The highest BCUT2D eigenvalue weighted by molar-refractivity contribution is 7.13. The monoisotopic (exact) mass is 447 g/mol. The summed E-state index contributed by atoms with van der Waals surface area (Å²) in [5.41, 5.74) is 3.34. The largest absolute Gasteiger partial charge is 0.510 e. The van der Waals surface area contributed by atoms with Crippen LogP contribution < -0.4 is 4.90 Å². The molecule has 1 aromatic heterocycles. The van der Waals surface area contributed by atoms with Gasteiger partial charge in [-0.15, -0.1) is 11.3 Å². The normalized spacial score (nSPS) is 14.7. The molecule has 4 rings (SSSR count). The number of amidine groups is 1. The van der Waals surface area contributed by atoms with Gasteiger partial charge in [0.2, 0.25) is 0 Å². The molecule has 0 amide bonds. The van der Waals surface area contributed by atoms with Crippen molar-refractivity contribution in [3.05, 3.63) is 75.8 Å². The molecular formula is C25H25N3O3S. The second kappa shape index (κ2) is 8.96. The molecule has 3 aromatic rings. The van der Waals surface area contributed by atoms with E-state index in [0.29, 0.717) is 21.8 Å². The lowest BCUT2D eigenvalue weighted by Crippen LogP contribution is -2.26. The number of thiazole rings is 1. The van der Waals surface area contributed by atoms with Gasteiger partial charge in [0.1, 0.15) is 16.6 Å². The SMILES string of the molecule is CCC(C)OC(=O)c1cccc(N2CC(O)=C(c3nc(-c4ccccc4)c(C)s3)C2=N)c1. The topological polar surface area (TPSA) is 86.5 Å². The highest BCUT2D eigenvalue weighted by Crippen LogP contribution is 2.36. The van der Waals surface area contributed by atoms with Crippen molar-refractivity contribution in [2.45, 2.75) is 33.3 Å². The molecule has 0 saturated heterocycles. The first-order chi connectivity index (χ1) is 15.4. The number of hydrogen-bond acceptors (Lipinski definition) is 6. The van der Waals surface area contributed by atoms with Crippen LogP contribution in [0.5, 0.6) is 0 Å².